The minimum atomic E-state index is -0.398. The van der Waals surface area contributed by atoms with Crippen LogP contribution in [0.1, 0.15) is 6.92 Å². The van der Waals surface area contributed by atoms with E-state index in [0.29, 0.717) is 12.0 Å². The highest BCUT2D eigenvalue weighted by Gasteiger charge is 2.14. The molecule has 0 unspecified atom stereocenters. The van der Waals surface area contributed by atoms with Crippen molar-refractivity contribution in [3.63, 3.8) is 0 Å². The molecular formula is C17H15N3O3. The molecule has 0 amide bonds. The molecule has 3 aromatic rings. The molecule has 0 saturated carbocycles. The maximum atomic E-state index is 11.1. The van der Waals surface area contributed by atoms with Crippen LogP contribution in [-0.4, -0.2) is 16.5 Å². The summed E-state index contributed by atoms with van der Waals surface area (Å²) in [6.45, 7) is 2.55. The Morgan fingerprint density at radius 2 is 1.91 bits per heavy atom. The fraction of sp³-hybridized carbons (Fsp3) is 0.118. The van der Waals surface area contributed by atoms with Gasteiger partial charge in [0.15, 0.2) is 0 Å². The van der Waals surface area contributed by atoms with Crippen LogP contribution in [0.25, 0.3) is 10.8 Å². The van der Waals surface area contributed by atoms with Crippen LogP contribution in [0.5, 0.6) is 5.75 Å². The van der Waals surface area contributed by atoms with Crippen molar-refractivity contribution in [3.05, 3.63) is 65.0 Å². The Morgan fingerprint density at radius 1 is 1.13 bits per heavy atom. The maximum absolute atomic E-state index is 11.1. The minimum Gasteiger partial charge on any atom is -0.494 e. The van der Waals surface area contributed by atoms with Crippen molar-refractivity contribution >= 4 is 27.8 Å². The third kappa shape index (κ3) is 3.06. The summed E-state index contributed by atoms with van der Waals surface area (Å²) >= 11 is 0. The molecule has 0 spiro atoms. The molecule has 116 valence electrons. The predicted octanol–water partition coefficient (Wildman–Crippen LogP) is 4.29. The van der Waals surface area contributed by atoms with Gasteiger partial charge < -0.3 is 10.1 Å². The number of aromatic nitrogens is 1. The summed E-state index contributed by atoms with van der Waals surface area (Å²) in [5.41, 5.74) is 1.71. The molecule has 23 heavy (non-hydrogen) atoms. The number of non-ortho nitro benzene ring substituents is 1. The quantitative estimate of drug-likeness (QED) is 0.562. The van der Waals surface area contributed by atoms with Gasteiger partial charge >= 0.3 is 0 Å². The minimum absolute atomic E-state index is 0.0466. The van der Waals surface area contributed by atoms with E-state index >= 15 is 0 Å². The molecule has 1 N–H and O–H groups in total. The molecule has 0 aliphatic carbocycles. The lowest BCUT2D eigenvalue weighted by molar-refractivity contribution is -0.383. The number of hydrogen-bond donors (Lipinski definition) is 1. The summed E-state index contributed by atoms with van der Waals surface area (Å²) in [4.78, 5) is 14.7. The van der Waals surface area contributed by atoms with Gasteiger partial charge in [-0.15, -0.1) is 0 Å². The summed E-state index contributed by atoms with van der Waals surface area (Å²) in [5, 5.41) is 15.7. The number of nitro benzene ring substituents is 1. The maximum Gasteiger partial charge on any atom is 0.278 e. The van der Waals surface area contributed by atoms with Crippen LogP contribution >= 0.6 is 0 Å². The molecule has 2 aromatic carbocycles. The van der Waals surface area contributed by atoms with Crippen LogP contribution in [0.4, 0.5) is 17.1 Å². The Hall–Kier alpha value is -3.15. The molecular weight excluding hydrogens is 294 g/mol. The van der Waals surface area contributed by atoms with Gasteiger partial charge in [0.25, 0.3) is 5.69 Å². The zero-order valence-electron chi connectivity index (χ0n) is 12.5. The zero-order chi connectivity index (χ0) is 16.2. The molecule has 1 heterocycles. The second kappa shape index (κ2) is 6.31. The van der Waals surface area contributed by atoms with E-state index in [1.54, 1.807) is 18.3 Å². The topological polar surface area (TPSA) is 77.3 Å². The highest BCUT2D eigenvalue weighted by molar-refractivity contribution is 6.00. The van der Waals surface area contributed by atoms with Crippen molar-refractivity contribution in [1.82, 2.24) is 4.98 Å². The van der Waals surface area contributed by atoms with E-state index < -0.39 is 4.92 Å². The zero-order valence-corrected chi connectivity index (χ0v) is 12.5. The number of nitro groups is 1. The van der Waals surface area contributed by atoms with E-state index in [-0.39, 0.29) is 5.69 Å². The highest BCUT2D eigenvalue weighted by atomic mass is 16.6. The van der Waals surface area contributed by atoms with Gasteiger partial charge in [-0.25, -0.2) is 0 Å². The molecule has 0 saturated heterocycles. The van der Waals surface area contributed by atoms with E-state index in [4.69, 9.17) is 4.74 Å². The number of hydrogen-bond acceptors (Lipinski definition) is 5. The number of ether oxygens (including phenoxy) is 1. The van der Waals surface area contributed by atoms with E-state index in [1.807, 2.05) is 31.2 Å². The number of pyridine rings is 1. The first-order chi connectivity index (χ1) is 11.2. The van der Waals surface area contributed by atoms with E-state index in [2.05, 4.69) is 10.3 Å². The molecule has 0 aliphatic rings. The number of benzene rings is 2. The van der Waals surface area contributed by atoms with Crippen LogP contribution in [0.15, 0.2) is 54.9 Å². The van der Waals surface area contributed by atoms with Crippen LogP contribution in [0.2, 0.25) is 0 Å². The van der Waals surface area contributed by atoms with Crippen LogP contribution < -0.4 is 10.1 Å². The normalized spacial score (nSPS) is 10.5. The third-order valence-electron chi connectivity index (χ3n) is 3.44. The van der Waals surface area contributed by atoms with Gasteiger partial charge in [0.2, 0.25) is 0 Å². The summed E-state index contributed by atoms with van der Waals surface area (Å²) in [6.07, 6.45) is 3.13. The molecule has 0 bridgehead atoms. The Labute approximate surface area is 132 Å². The fourth-order valence-electron chi connectivity index (χ4n) is 2.40. The number of nitrogens with one attached hydrogen (secondary N) is 1. The van der Waals surface area contributed by atoms with Crippen molar-refractivity contribution in [2.24, 2.45) is 0 Å². The second-order valence-corrected chi connectivity index (χ2v) is 4.89. The summed E-state index contributed by atoms with van der Waals surface area (Å²) in [7, 11) is 0. The van der Waals surface area contributed by atoms with Crippen LogP contribution in [0.3, 0.4) is 0 Å². The van der Waals surface area contributed by atoms with Crippen LogP contribution in [0, 0.1) is 10.1 Å². The predicted molar refractivity (Wildman–Crippen MR) is 89.3 cm³/mol. The summed E-state index contributed by atoms with van der Waals surface area (Å²) in [6, 6.07) is 12.5. The first-order valence-electron chi connectivity index (χ1n) is 7.20. The molecule has 6 heteroatoms. The average molecular weight is 309 g/mol. The third-order valence-corrected chi connectivity index (χ3v) is 3.44. The lowest BCUT2D eigenvalue weighted by Crippen LogP contribution is -1.96. The number of anilines is 2. The van der Waals surface area contributed by atoms with Gasteiger partial charge in [0.1, 0.15) is 5.75 Å². The molecule has 0 fully saturated rings. The van der Waals surface area contributed by atoms with Crippen molar-refractivity contribution in [2.45, 2.75) is 6.92 Å². The molecule has 0 atom stereocenters. The Bertz CT molecular complexity index is 847. The smallest absolute Gasteiger partial charge is 0.278 e. The molecule has 0 aliphatic heterocycles. The van der Waals surface area contributed by atoms with Crippen molar-refractivity contribution < 1.29 is 9.66 Å². The Kier molecular flexibility index (Phi) is 4.05. The molecule has 0 radical (unpaired) electrons. The van der Waals surface area contributed by atoms with Gasteiger partial charge in [-0.2, -0.15) is 0 Å². The number of fused-ring (bicyclic) bond motifs is 1. The standard InChI is InChI=1S/C17H15N3O3/c1-2-23-13-5-3-12(4-6-13)19-16-7-8-17(20(21)22)15-11-18-10-9-14(15)16/h3-11,19H,2H2,1H3. The van der Waals surface area contributed by atoms with Gasteiger partial charge in [0.05, 0.1) is 16.9 Å². The van der Waals surface area contributed by atoms with Crippen LogP contribution in [-0.2, 0) is 0 Å². The van der Waals surface area contributed by atoms with Gasteiger partial charge in [0, 0.05) is 35.2 Å². The van der Waals surface area contributed by atoms with Crippen molar-refractivity contribution in [2.75, 3.05) is 11.9 Å². The monoisotopic (exact) mass is 309 g/mol. The lowest BCUT2D eigenvalue weighted by Gasteiger charge is -2.11. The second-order valence-electron chi connectivity index (χ2n) is 4.89. The first-order valence-corrected chi connectivity index (χ1v) is 7.20. The lowest BCUT2D eigenvalue weighted by atomic mass is 10.1. The van der Waals surface area contributed by atoms with Gasteiger partial charge in [-0.1, -0.05) is 0 Å². The largest absolute Gasteiger partial charge is 0.494 e. The Morgan fingerprint density at radius 3 is 2.61 bits per heavy atom. The SMILES string of the molecule is CCOc1ccc(Nc2ccc([N+](=O)[O-])c3cnccc23)cc1. The van der Waals surface area contributed by atoms with Gasteiger partial charge in [-0.05, 0) is 43.3 Å². The van der Waals surface area contributed by atoms with Gasteiger partial charge in [-0.3, -0.25) is 15.1 Å². The highest BCUT2D eigenvalue weighted by Crippen LogP contribution is 2.32. The fourth-order valence-corrected chi connectivity index (χ4v) is 2.40. The first kappa shape index (κ1) is 14.8. The Balaban J connectivity index is 1.97. The van der Waals surface area contributed by atoms with Crippen molar-refractivity contribution in [1.29, 1.82) is 0 Å². The van der Waals surface area contributed by atoms with E-state index in [9.17, 15) is 10.1 Å². The van der Waals surface area contributed by atoms with E-state index in [0.717, 1.165) is 22.5 Å². The number of nitrogens with zero attached hydrogens (tertiary/aromatic N) is 2. The van der Waals surface area contributed by atoms with E-state index in [1.165, 1.54) is 12.3 Å². The molecule has 1 aromatic heterocycles. The average Bonchev–Trinajstić information content (AvgIpc) is 2.57. The number of rotatable bonds is 5. The van der Waals surface area contributed by atoms with Crippen molar-refractivity contribution in [3.8, 4) is 5.75 Å². The summed E-state index contributed by atoms with van der Waals surface area (Å²) in [5.74, 6) is 0.802. The molecule has 3 rings (SSSR count). The summed E-state index contributed by atoms with van der Waals surface area (Å²) < 4.78 is 5.41. The molecule has 6 nitrogen and oxygen atoms in total.